The fourth-order valence-electron chi connectivity index (χ4n) is 1.42. The molecule has 2 aromatic rings. The maximum Gasteiger partial charge on any atom is 0.260 e. The number of carbonyl (C=O) groups excluding carboxylic acids is 1. The Balaban J connectivity index is 2.31. The van der Waals surface area contributed by atoms with E-state index >= 15 is 0 Å². The number of amides is 1. The highest BCUT2D eigenvalue weighted by atomic mass is 35.5. The van der Waals surface area contributed by atoms with E-state index in [4.69, 9.17) is 16.9 Å². The number of carbonyl (C=O) groups is 1. The van der Waals surface area contributed by atoms with Crippen LogP contribution in [0.1, 0.15) is 15.9 Å². The molecule has 0 saturated carbocycles. The molecule has 8 heteroatoms. The Bertz CT molecular complexity index is 691. The second-order valence-corrected chi connectivity index (χ2v) is 3.98. The highest BCUT2D eigenvalue weighted by molar-refractivity contribution is 6.33. The lowest BCUT2D eigenvalue weighted by molar-refractivity contribution is 0.102. The summed E-state index contributed by atoms with van der Waals surface area (Å²) >= 11 is 5.71. The van der Waals surface area contributed by atoms with Gasteiger partial charge < -0.3 is 5.32 Å². The molecule has 0 saturated heterocycles. The smallest absolute Gasteiger partial charge is 0.260 e. The first-order valence-electron chi connectivity index (χ1n) is 5.07. The number of rotatable bonds is 2. The first-order chi connectivity index (χ1) is 9.01. The number of halogens is 2. The Hall–Kier alpha value is -2.46. The van der Waals surface area contributed by atoms with Gasteiger partial charge in [-0.05, 0) is 6.07 Å². The van der Waals surface area contributed by atoms with Gasteiger partial charge in [-0.1, -0.05) is 11.6 Å². The second kappa shape index (κ2) is 5.04. The topological polar surface area (TPSA) is 83.6 Å². The minimum Gasteiger partial charge on any atom is -0.304 e. The van der Waals surface area contributed by atoms with Gasteiger partial charge in [0.2, 0.25) is 0 Å². The third kappa shape index (κ3) is 2.69. The van der Waals surface area contributed by atoms with E-state index in [1.807, 2.05) is 6.07 Å². The minimum atomic E-state index is -0.688. The SMILES string of the molecule is Cn1cc(C#N)c(NC(=O)c2cc(F)cnc2Cl)n1. The van der Waals surface area contributed by atoms with E-state index in [0.29, 0.717) is 0 Å². The third-order valence-electron chi connectivity index (χ3n) is 2.23. The van der Waals surface area contributed by atoms with Gasteiger partial charge >= 0.3 is 0 Å². The molecule has 96 valence electrons. The molecule has 0 fully saturated rings. The number of anilines is 1. The maximum atomic E-state index is 13.0. The van der Waals surface area contributed by atoms with Crippen LogP contribution in [0.25, 0.3) is 0 Å². The molecule has 6 nitrogen and oxygen atoms in total. The zero-order chi connectivity index (χ0) is 14.0. The fraction of sp³-hybridized carbons (Fsp3) is 0.0909. The van der Waals surface area contributed by atoms with Crippen LogP contribution in [-0.4, -0.2) is 20.7 Å². The van der Waals surface area contributed by atoms with Crippen molar-refractivity contribution < 1.29 is 9.18 Å². The summed E-state index contributed by atoms with van der Waals surface area (Å²) in [7, 11) is 1.60. The van der Waals surface area contributed by atoms with Gasteiger partial charge in [-0.25, -0.2) is 9.37 Å². The van der Waals surface area contributed by atoms with Crippen LogP contribution in [0.3, 0.4) is 0 Å². The molecule has 1 amide bonds. The molecule has 0 aromatic carbocycles. The lowest BCUT2D eigenvalue weighted by Crippen LogP contribution is -2.14. The van der Waals surface area contributed by atoms with Crippen molar-refractivity contribution in [3.63, 3.8) is 0 Å². The molecule has 2 aromatic heterocycles. The molecule has 0 aliphatic carbocycles. The van der Waals surface area contributed by atoms with Crippen LogP contribution < -0.4 is 5.32 Å². The number of nitriles is 1. The monoisotopic (exact) mass is 279 g/mol. The van der Waals surface area contributed by atoms with E-state index in [2.05, 4.69) is 15.4 Å². The van der Waals surface area contributed by atoms with Crippen molar-refractivity contribution in [1.82, 2.24) is 14.8 Å². The summed E-state index contributed by atoms with van der Waals surface area (Å²) in [5, 5.41) is 15.0. The first-order valence-corrected chi connectivity index (χ1v) is 5.45. The molecule has 2 rings (SSSR count). The summed E-state index contributed by atoms with van der Waals surface area (Å²) in [5.74, 6) is -1.29. The number of hydrogen-bond donors (Lipinski definition) is 1. The van der Waals surface area contributed by atoms with Gasteiger partial charge in [-0.3, -0.25) is 9.48 Å². The van der Waals surface area contributed by atoms with Crippen molar-refractivity contribution >= 4 is 23.3 Å². The summed E-state index contributed by atoms with van der Waals surface area (Å²) in [6.45, 7) is 0. The summed E-state index contributed by atoms with van der Waals surface area (Å²) in [6, 6.07) is 2.84. The van der Waals surface area contributed by atoms with E-state index in [1.54, 1.807) is 7.05 Å². The fourth-order valence-corrected chi connectivity index (χ4v) is 1.61. The lowest BCUT2D eigenvalue weighted by Gasteiger charge is -2.04. The largest absolute Gasteiger partial charge is 0.304 e. The molecule has 0 spiro atoms. The van der Waals surface area contributed by atoms with E-state index < -0.39 is 11.7 Å². The molecular formula is C11H7ClFN5O. The van der Waals surface area contributed by atoms with Crippen molar-refractivity contribution in [3.8, 4) is 6.07 Å². The van der Waals surface area contributed by atoms with Crippen LogP contribution in [0.5, 0.6) is 0 Å². The summed E-state index contributed by atoms with van der Waals surface area (Å²) in [5.41, 5.74) is 0.0625. The van der Waals surface area contributed by atoms with Crippen LogP contribution in [0.2, 0.25) is 5.15 Å². The van der Waals surface area contributed by atoms with Gasteiger partial charge in [-0.15, -0.1) is 0 Å². The van der Waals surface area contributed by atoms with Gasteiger partial charge in [0.1, 0.15) is 22.6 Å². The van der Waals surface area contributed by atoms with Crippen LogP contribution in [0.4, 0.5) is 10.2 Å². The Labute approximate surface area is 112 Å². The maximum absolute atomic E-state index is 13.0. The van der Waals surface area contributed by atoms with Crippen LogP contribution in [-0.2, 0) is 7.05 Å². The minimum absolute atomic E-state index is 0.0790. The Morgan fingerprint density at radius 3 is 3.05 bits per heavy atom. The Morgan fingerprint density at radius 2 is 2.37 bits per heavy atom. The number of hydrogen-bond acceptors (Lipinski definition) is 4. The summed E-state index contributed by atoms with van der Waals surface area (Å²) in [6.07, 6.45) is 2.35. The third-order valence-corrected chi connectivity index (χ3v) is 2.53. The van der Waals surface area contributed by atoms with Crippen molar-refractivity contribution in [1.29, 1.82) is 5.26 Å². The van der Waals surface area contributed by atoms with Crippen LogP contribution in [0.15, 0.2) is 18.5 Å². The number of aromatic nitrogens is 3. The first kappa shape index (κ1) is 13.0. The summed E-state index contributed by atoms with van der Waals surface area (Å²) < 4.78 is 14.4. The van der Waals surface area contributed by atoms with Gasteiger partial charge in [-0.2, -0.15) is 10.4 Å². The molecule has 0 aliphatic rings. The normalized spacial score (nSPS) is 10.0. The standard InChI is InChI=1S/C11H7ClFN5O/c1-18-5-6(3-14)10(17-18)16-11(19)8-2-7(13)4-15-9(8)12/h2,4-5H,1H3,(H,16,17,19). The summed E-state index contributed by atoms with van der Waals surface area (Å²) in [4.78, 5) is 15.4. The number of pyridine rings is 1. The van der Waals surface area contributed by atoms with E-state index in [0.717, 1.165) is 12.3 Å². The van der Waals surface area contributed by atoms with Crippen molar-refractivity contribution in [2.75, 3.05) is 5.32 Å². The predicted octanol–water partition coefficient (Wildman–Crippen LogP) is 1.73. The molecule has 0 radical (unpaired) electrons. The molecule has 0 atom stereocenters. The number of aryl methyl sites for hydroxylation is 1. The highest BCUT2D eigenvalue weighted by Gasteiger charge is 2.16. The Morgan fingerprint density at radius 1 is 1.63 bits per heavy atom. The predicted molar refractivity (Wildman–Crippen MR) is 65.1 cm³/mol. The molecule has 19 heavy (non-hydrogen) atoms. The van der Waals surface area contributed by atoms with Crippen LogP contribution >= 0.6 is 11.6 Å². The number of nitrogens with zero attached hydrogens (tertiary/aromatic N) is 4. The highest BCUT2D eigenvalue weighted by Crippen LogP contribution is 2.17. The zero-order valence-electron chi connectivity index (χ0n) is 9.69. The molecule has 0 aliphatic heterocycles. The zero-order valence-corrected chi connectivity index (χ0v) is 10.4. The van der Waals surface area contributed by atoms with Gasteiger partial charge in [0.25, 0.3) is 5.91 Å². The lowest BCUT2D eigenvalue weighted by atomic mass is 10.2. The van der Waals surface area contributed by atoms with Crippen molar-refractivity contribution in [3.05, 3.63) is 40.6 Å². The van der Waals surface area contributed by atoms with Crippen LogP contribution in [0, 0.1) is 17.1 Å². The number of nitrogens with one attached hydrogen (secondary N) is 1. The van der Waals surface area contributed by atoms with E-state index in [1.165, 1.54) is 10.9 Å². The van der Waals surface area contributed by atoms with Gasteiger partial charge in [0.15, 0.2) is 5.82 Å². The van der Waals surface area contributed by atoms with Crippen molar-refractivity contribution in [2.45, 2.75) is 0 Å². The average molecular weight is 280 g/mol. The van der Waals surface area contributed by atoms with Gasteiger partial charge in [0.05, 0.1) is 11.8 Å². The molecule has 2 heterocycles. The Kier molecular flexibility index (Phi) is 3.44. The quantitative estimate of drug-likeness (QED) is 0.849. The molecule has 0 bridgehead atoms. The molecule has 1 N–H and O–H groups in total. The molecular weight excluding hydrogens is 273 g/mol. The average Bonchev–Trinajstić information content (AvgIpc) is 2.72. The second-order valence-electron chi connectivity index (χ2n) is 3.62. The van der Waals surface area contributed by atoms with E-state index in [-0.39, 0.29) is 22.1 Å². The van der Waals surface area contributed by atoms with E-state index in [9.17, 15) is 9.18 Å². The van der Waals surface area contributed by atoms with Crippen molar-refractivity contribution in [2.24, 2.45) is 7.05 Å². The van der Waals surface area contributed by atoms with Gasteiger partial charge in [0, 0.05) is 13.2 Å². The molecule has 0 unspecified atom stereocenters.